The smallest absolute Gasteiger partial charge is 0.337 e. The molecule has 2 aromatic heterocycles. The van der Waals surface area contributed by atoms with E-state index < -0.39 is 5.97 Å². The SMILES string of the molecule is COC(=O)c1ccc(COC(=O)CSc2ncnc3sc(C)c(C)c23)cc1. The van der Waals surface area contributed by atoms with Gasteiger partial charge < -0.3 is 9.47 Å². The summed E-state index contributed by atoms with van der Waals surface area (Å²) in [5.74, 6) is -0.556. The third-order valence-electron chi connectivity index (χ3n) is 4.03. The number of ether oxygens (including phenoxy) is 2. The zero-order valence-electron chi connectivity index (χ0n) is 15.1. The molecule has 0 bridgehead atoms. The van der Waals surface area contributed by atoms with Crippen LogP contribution in [0, 0.1) is 13.8 Å². The van der Waals surface area contributed by atoms with E-state index in [9.17, 15) is 9.59 Å². The molecule has 0 N–H and O–H groups in total. The van der Waals surface area contributed by atoms with Gasteiger partial charge in [-0.2, -0.15) is 0 Å². The quantitative estimate of drug-likeness (QED) is 0.351. The van der Waals surface area contributed by atoms with Crippen molar-refractivity contribution in [3.05, 3.63) is 52.2 Å². The van der Waals surface area contributed by atoms with Crippen LogP contribution in [0.15, 0.2) is 35.6 Å². The Morgan fingerprint density at radius 1 is 1.15 bits per heavy atom. The van der Waals surface area contributed by atoms with Crippen molar-refractivity contribution in [3.63, 3.8) is 0 Å². The molecule has 140 valence electrons. The minimum atomic E-state index is -0.398. The molecule has 2 heterocycles. The number of aryl methyl sites for hydroxylation is 2. The monoisotopic (exact) mass is 402 g/mol. The van der Waals surface area contributed by atoms with Gasteiger partial charge in [0.1, 0.15) is 22.8 Å². The molecule has 1 aromatic carbocycles. The van der Waals surface area contributed by atoms with Crippen molar-refractivity contribution in [2.75, 3.05) is 12.9 Å². The lowest BCUT2D eigenvalue weighted by Crippen LogP contribution is -2.08. The molecule has 0 atom stereocenters. The molecule has 0 saturated heterocycles. The number of nitrogens with zero attached hydrogens (tertiary/aromatic N) is 2. The maximum absolute atomic E-state index is 12.1. The molecular formula is C19H18N2O4S2. The van der Waals surface area contributed by atoms with Crippen LogP contribution in [-0.2, 0) is 20.9 Å². The molecule has 0 aliphatic heterocycles. The Balaban J connectivity index is 1.57. The van der Waals surface area contributed by atoms with Crippen molar-refractivity contribution in [3.8, 4) is 0 Å². The standard InChI is InChI=1S/C19H18N2O4S2/c1-11-12(2)27-18-16(11)17(20-10-21-18)26-9-15(22)25-8-13-4-6-14(7-5-13)19(23)24-3/h4-7,10H,8-9H2,1-3H3. The minimum Gasteiger partial charge on any atom is -0.465 e. The molecule has 0 aliphatic carbocycles. The fourth-order valence-electron chi connectivity index (χ4n) is 2.45. The van der Waals surface area contributed by atoms with Gasteiger partial charge >= 0.3 is 11.9 Å². The second-order valence-corrected chi connectivity index (χ2v) is 7.95. The summed E-state index contributed by atoms with van der Waals surface area (Å²) in [5.41, 5.74) is 2.41. The number of aromatic nitrogens is 2. The van der Waals surface area contributed by atoms with Crippen molar-refractivity contribution in [2.45, 2.75) is 25.5 Å². The summed E-state index contributed by atoms with van der Waals surface area (Å²) in [6.07, 6.45) is 1.52. The van der Waals surface area contributed by atoms with Gasteiger partial charge in [0.15, 0.2) is 0 Å². The highest BCUT2D eigenvalue weighted by atomic mass is 32.2. The molecule has 0 saturated carbocycles. The minimum absolute atomic E-state index is 0.149. The topological polar surface area (TPSA) is 78.4 Å². The molecule has 0 aliphatic rings. The van der Waals surface area contributed by atoms with Crippen LogP contribution in [0.5, 0.6) is 0 Å². The van der Waals surface area contributed by atoms with Gasteiger partial charge in [-0.15, -0.1) is 11.3 Å². The summed E-state index contributed by atoms with van der Waals surface area (Å²) in [7, 11) is 1.33. The summed E-state index contributed by atoms with van der Waals surface area (Å²) in [6.45, 7) is 4.24. The van der Waals surface area contributed by atoms with Gasteiger partial charge in [0.25, 0.3) is 0 Å². The van der Waals surface area contributed by atoms with Gasteiger partial charge in [0.05, 0.1) is 18.4 Å². The maximum Gasteiger partial charge on any atom is 0.337 e. The normalized spacial score (nSPS) is 10.8. The van der Waals surface area contributed by atoms with E-state index in [0.29, 0.717) is 5.56 Å². The van der Waals surface area contributed by atoms with Gasteiger partial charge in [-0.1, -0.05) is 23.9 Å². The van der Waals surface area contributed by atoms with Crippen LogP contribution in [0.4, 0.5) is 0 Å². The Hall–Kier alpha value is -2.45. The second kappa shape index (κ2) is 8.49. The molecule has 6 nitrogen and oxygen atoms in total. The zero-order chi connectivity index (χ0) is 19.4. The number of thioether (sulfide) groups is 1. The summed E-state index contributed by atoms with van der Waals surface area (Å²) in [5, 5.41) is 1.80. The predicted molar refractivity (Wildman–Crippen MR) is 105 cm³/mol. The van der Waals surface area contributed by atoms with Crippen LogP contribution < -0.4 is 0 Å². The Bertz CT molecular complexity index is 983. The number of methoxy groups -OCH3 is 1. The van der Waals surface area contributed by atoms with Crippen molar-refractivity contribution in [2.24, 2.45) is 0 Å². The number of hydrogen-bond acceptors (Lipinski definition) is 8. The first-order valence-corrected chi connectivity index (χ1v) is 9.96. The van der Waals surface area contributed by atoms with Crippen molar-refractivity contribution in [1.29, 1.82) is 0 Å². The molecule has 27 heavy (non-hydrogen) atoms. The van der Waals surface area contributed by atoms with Crippen molar-refractivity contribution < 1.29 is 19.1 Å². The summed E-state index contributed by atoms with van der Waals surface area (Å²) < 4.78 is 9.96. The van der Waals surface area contributed by atoms with Crippen LogP contribution >= 0.6 is 23.1 Å². The lowest BCUT2D eigenvalue weighted by molar-refractivity contribution is -0.141. The van der Waals surface area contributed by atoms with Gasteiger partial charge in [-0.25, -0.2) is 14.8 Å². The zero-order valence-corrected chi connectivity index (χ0v) is 16.8. The third kappa shape index (κ3) is 4.45. The second-order valence-electron chi connectivity index (χ2n) is 5.78. The fraction of sp³-hybridized carbons (Fsp3) is 0.263. The average molecular weight is 402 g/mol. The summed E-state index contributed by atoms with van der Waals surface area (Å²) >= 11 is 2.98. The highest BCUT2D eigenvalue weighted by Crippen LogP contribution is 2.34. The summed E-state index contributed by atoms with van der Waals surface area (Å²) in [6, 6.07) is 6.75. The van der Waals surface area contributed by atoms with Gasteiger partial charge in [-0.3, -0.25) is 4.79 Å². The van der Waals surface area contributed by atoms with E-state index in [1.165, 1.54) is 30.1 Å². The maximum atomic E-state index is 12.1. The molecule has 0 spiro atoms. The number of hydrogen-bond donors (Lipinski definition) is 0. The lowest BCUT2D eigenvalue weighted by atomic mass is 10.1. The molecule has 8 heteroatoms. The van der Waals surface area contributed by atoms with E-state index in [-0.39, 0.29) is 18.3 Å². The number of benzene rings is 1. The number of carbonyl (C=O) groups excluding carboxylic acids is 2. The van der Waals surface area contributed by atoms with E-state index in [0.717, 1.165) is 26.4 Å². The highest BCUT2D eigenvalue weighted by Gasteiger charge is 2.14. The fourth-order valence-corrected chi connectivity index (χ4v) is 4.36. The number of rotatable bonds is 6. The largest absolute Gasteiger partial charge is 0.465 e. The van der Waals surface area contributed by atoms with Crippen LogP contribution in [0.25, 0.3) is 10.2 Å². The molecule has 3 aromatic rings. The molecule has 0 fully saturated rings. The molecule has 0 amide bonds. The first kappa shape index (κ1) is 19.3. The van der Waals surface area contributed by atoms with Gasteiger partial charge in [0, 0.05) is 10.3 Å². The molecular weight excluding hydrogens is 384 g/mol. The molecule has 0 radical (unpaired) electrons. The van der Waals surface area contributed by atoms with Gasteiger partial charge in [0.2, 0.25) is 0 Å². The van der Waals surface area contributed by atoms with Crippen LogP contribution in [-0.4, -0.2) is 34.8 Å². The third-order valence-corrected chi connectivity index (χ3v) is 6.11. The lowest BCUT2D eigenvalue weighted by Gasteiger charge is -2.06. The number of carbonyl (C=O) groups is 2. The van der Waals surface area contributed by atoms with Gasteiger partial charge in [-0.05, 0) is 37.1 Å². The first-order valence-electron chi connectivity index (χ1n) is 8.16. The highest BCUT2D eigenvalue weighted by molar-refractivity contribution is 8.00. The van der Waals surface area contributed by atoms with Crippen LogP contribution in [0.2, 0.25) is 0 Å². The van der Waals surface area contributed by atoms with E-state index in [1.807, 2.05) is 6.92 Å². The number of thiophene rings is 1. The predicted octanol–water partition coefficient (Wildman–Crippen LogP) is 3.93. The van der Waals surface area contributed by atoms with E-state index in [4.69, 9.17) is 4.74 Å². The Morgan fingerprint density at radius 3 is 2.59 bits per heavy atom. The number of esters is 2. The van der Waals surface area contributed by atoms with Crippen molar-refractivity contribution in [1.82, 2.24) is 9.97 Å². The average Bonchev–Trinajstić information content (AvgIpc) is 2.99. The van der Waals surface area contributed by atoms with E-state index >= 15 is 0 Å². The van der Waals surface area contributed by atoms with Crippen molar-refractivity contribution >= 4 is 45.3 Å². The Labute approximate surface area is 164 Å². The van der Waals surface area contributed by atoms with Crippen LogP contribution in [0.3, 0.4) is 0 Å². The van der Waals surface area contributed by atoms with E-state index in [1.54, 1.807) is 35.6 Å². The van der Waals surface area contributed by atoms with Crippen LogP contribution in [0.1, 0.15) is 26.4 Å². The summed E-state index contributed by atoms with van der Waals surface area (Å²) in [4.78, 5) is 34.2. The van der Waals surface area contributed by atoms with E-state index in [2.05, 4.69) is 21.6 Å². The Kier molecular flexibility index (Phi) is 6.08. The molecule has 3 rings (SSSR count). The first-order chi connectivity index (χ1) is 13.0. The molecule has 0 unspecified atom stereocenters. The number of fused-ring (bicyclic) bond motifs is 1. The Morgan fingerprint density at radius 2 is 1.89 bits per heavy atom.